The highest BCUT2D eigenvalue weighted by molar-refractivity contribution is 14.0. The van der Waals surface area contributed by atoms with Gasteiger partial charge in [0.05, 0.1) is 6.54 Å². The second kappa shape index (κ2) is 9.81. The molecule has 2 aliphatic rings. The zero-order chi connectivity index (χ0) is 17.6. The van der Waals surface area contributed by atoms with Gasteiger partial charge in [-0.2, -0.15) is 0 Å². The minimum Gasteiger partial charge on any atom is -0.347 e. The highest BCUT2D eigenvalue weighted by Crippen LogP contribution is 2.35. The average molecular weight is 466 g/mol. The number of guanidine groups is 1. The average Bonchev–Trinajstić information content (AvgIpc) is 3.06. The van der Waals surface area contributed by atoms with Gasteiger partial charge in [0.2, 0.25) is 5.91 Å². The fraction of sp³-hybridized carbons (Fsp3) is 0.500. The van der Waals surface area contributed by atoms with Crippen molar-refractivity contribution < 1.29 is 4.79 Å². The molecule has 2 fully saturated rings. The molecule has 1 aromatic rings. The Bertz CT molecular complexity index is 683. The summed E-state index contributed by atoms with van der Waals surface area (Å²) in [5, 5.41) is 6.06. The molecule has 0 spiro atoms. The Morgan fingerprint density at radius 3 is 2.62 bits per heavy atom. The number of carbonyl (C=O) groups excluding carboxylic acids is 1. The third kappa shape index (κ3) is 5.13. The number of aliphatic imine (C=N–C) groups is 1. The zero-order valence-electron chi connectivity index (χ0n) is 15.2. The van der Waals surface area contributed by atoms with Crippen molar-refractivity contribution in [1.29, 1.82) is 0 Å². The van der Waals surface area contributed by atoms with E-state index in [2.05, 4.69) is 26.4 Å². The monoisotopic (exact) mass is 466 g/mol. The van der Waals surface area contributed by atoms with Gasteiger partial charge >= 0.3 is 0 Å². The highest BCUT2D eigenvalue weighted by atomic mass is 127. The number of hydrogen-bond donors (Lipinski definition) is 2. The van der Waals surface area contributed by atoms with Gasteiger partial charge in [0.1, 0.15) is 0 Å². The molecule has 1 saturated heterocycles. The Morgan fingerprint density at radius 1 is 1.31 bits per heavy atom. The Balaban J connectivity index is 0.00000243. The van der Waals surface area contributed by atoms with E-state index in [4.69, 9.17) is 6.42 Å². The lowest BCUT2D eigenvalue weighted by Crippen LogP contribution is -2.43. The predicted octanol–water partition coefficient (Wildman–Crippen LogP) is 2.92. The first-order valence-corrected chi connectivity index (χ1v) is 9.01. The van der Waals surface area contributed by atoms with Crippen LogP contribution in [0.4, 0.5) is 5.69 Å². The first kappa shape index (κ1) is 20.6. The molecule has 1 aliphatic heterocycles. The highest BCUT2D eigenvalue weighted by Gasteiger charge is 2.35. The number of rotatable bonds is 3. The van der Waals surface area contributed by atoms with E-state index in [-0.39, 0.29) is 36.4 Å². The number of hydrogen-bond acceptors (Lipinski definition) is 2. The summed E-state index contributed by atoms with van der Waals surface area (Å²) in [7, 11) is 1.78. The van der Waals surface area contributed by atoms with E-state index in [1.54, 1.807) is 13.1 Å². The van der Waals surface area contributed by atoms with Crippen molar-refractivity contribution in [2.75, 3.05) is 32.0 Å². The minimum atomic E-state index is -0.105. The zero-order valence-corrected chi connectivity index (χ0v) is 17.5. The molecule has 6 heteroatoms. The van der Waals surface area contributed by atoms with Gasteiger partial charge in [0.15, 0.2) is 5.96 Å². The maximum absolute atomic E-state index is 12.2. The number of amides is 1. The summed E-state index contributed by atoms with van der Waals surface area (Å²) in [6.07, 6.45) is 10.7. The standard InChI is InChI=1S/C20H26N4O.HI/c1-3-15-7-6-10-18(11-15)23-19(25)12-22-20(21-2)24-13-16-8-4-5-9-17(16)14-24;/h1,6-7,10-11,16-17H,4-5,8-9,12-14H2,2H3,(H,21,22)(H,23,25);1H. The maximum Gasteiger partial charge on any atom is 0.243 e. The number of terminal acetylenes is 1. The molecule has 5 nitrogen and oxygen atoms in total. The molecular formula is C20H27IN4O. The second-order valence-electron chi connectivity index (χ2n) is 6.88. The molecule has 3 rings (SSSR count). The number of nitrogens with zero attached hydrogens (tertiary/aromatic N) is 2. The van der Waals surface area contributed by atoms with Crippen molar-refractivity contribution in [2.45, 2.75) is 25.7 Å². The Labute approximate surface area is 173 Å². The van der Waals surface area contributed by atoms with Crippen LogP contribution in [0.25, 0.3) is 0 Å². The molecule has 1 amide bonds. The third-order valence-electron chi connectivity index (χ3n) is 5.21. The molecule has 140 valence electrons. The molecule has 2 N–H and O–H groups in total. The van der Waals surface area contributed by atoms with E-state index in [9.17, 15) is 4.79 Å². The fourth-order valence-electron chi connectivity index (χ4n) is 3.96. The van der Waals surface area contributed by atoms with Crippen LogP contribution in [-0.4, -0.2) is 43.4 Å². The van der Waals surface area contributed by atoms with E-state index in [0.29, 0.717) is 5.69 Å². The van der Waals surface area contributed by atoms with Crippen molar-refractivity contribution in [3.63, 3.8) is 0 Å². The van der Waals surface area contributed by atoms with Crippen LogP contribution in [0.1, 0.15) is 31.2 Å². The summed E-state index contributed by atoms with van der Waals surface area (Å²) in [5.74, 6) is 4.85. The summed E-state index contributed by atoms with van der Waals surface area (Å²) in [6.45, 7) is 2.30. The van der Waals surface area contributed by atoms with Gasteiger partial charge in [-0.1, -0.05) is 24.8 Å². The van der Waals surface area contributed by atoms with Gasteiger partial charge < -0.3 is 15.5 Å². The molecule has 1 heterocycles. The Morgan fingerprint density at radius 2 is 2.00 bits per heavy atom. The largest absolute Gasteiger partial charge is 0.347 e. The molecule has 2 unspecified atom stereocenters. The first-order chi connectivity index (χ1) is 12.2. The van der Waals surface area contributed by atoms with Gasteiger partial charge in [0.25, 0.3) is 0 Å². The molecule has 1 aromatic carbocycles. The number of anilines is 1. The number of likely N-dealkylation sites (tertiary alicyclic amines) is 1. The lowest BCUT2D eigenvalue weighted by molar-refractivity contribution is -0.115. The molecule has 26 heavy (non-hydrogen) atoms. The second-order valence-corrected chi connectivity index (χ2v) is 6.88. The number of carbonyl (C=O) groups is 1. The molecule has 1 aliphatic carbocycles. The number of benzene rings is 1. The maximum atomic E-state index is 12.2. The van der Waals surface area contributed by atoms with Crippen LogP contribution in [0.2, 0.25) is 0 Å². The SMILES string of the molecule is C#Cc1cccc(NC(=O)CNC(=NC)N2CC3CCCCC3C2)c1.I. The fourth-order valence-corrected chi connectivity index (χ4v) is 3.96. The Kier molecular flexibility index (Phi) is 7.76. The van der Waals surface area contributed by atoms with Crippen LogP contribution in [0.15, 0.2) is 29.3 Å². The summed E-state index contributed by atoms with van der Waals surface area (Å²) >= 11 is 0. The van der Waals surface area contributed by atoms with Crippen LogP contribution in [0, 0.1) is 24.2 Å². The van der Waals surface area contributed by atoms with Gasteiger partial charge in [-0.15, -0.1) is 30.4 Å². The smallest absolute Gasteiger partial charge is 0.243 e. The van der Waals surface area contributed by atoms with Crippen molar-refractivity contribution in [1.82, 2.24) is 10.2 Å². The molecular weight excluding hydrogens is 439 g/mol. The minimum absolute atomic E-state index is 0. The van der Waals surface area contributed by atoms with Crippen molar-refractivity contribution in [2.24, 2.45) is 16.8 Å². The number of nitrogens with one attached hydrogen (secondary N) is 2. The van der Waals surface area contributed by atoms with Crippen LogP contribution in [0.3, 0.4) is 0 Å². The molecule has 0 radical (unpaired) electrons. The molecule has 1 saturated carbocycles. The van der Waals surface area contributed by atoms with Crippen LogP contribution < -0.4 is 10.6 Å². The van der Waals surface area contributed by atoms with E-state index in [1.165, 1.54) is 25.7 Å². The normalized spacial score (nSPS) is 22.0. The van der Waals surface area contributed by atoms with Crippen LogP contribution in [-0.2, 0) is 4.79 Å². The summed E-state index contributed by atoms with van der Waals surface area (Å²) in [4.78, 5) is 18.9. The van der Waals surface area contributed by atoms with Gasteiger partial charge in [0, 0.05) is 31.4 Å². The third-order valence-corrected chi connectivity index (χ3v) is 5.21. The van der Waals surface area contributed by atoms with Crippen molar-refractivity contribution in [3.8, 4) is 12.3 Å². The summed E-state index contributed by atoms with van der Waals surface area (Å²) in [6, 6.07) is 7.29. The molecule has 0 bridgehead atoms. The van der Waals surface area contributed by atoms with E-state index >= 15 is 0 Å². The van der Waals surface area contributed by atoms with E-state index in [1.807, 2.05) is 18.2 Å². The lowest BCUT2D eigenvalue weighted by Gasteiger charge is -2.22. The topological polar surface area (TPSA) is 56.7 Å². The van der Waals surface area contributed by atoms with Crippen LogP contribution >= 0.6 is 24.0 Å². The van der Waals surface area contributed by atoms with E-state index in [0.717, 1.165) is 36.4 Å². The lowest BCUT2D eigenvalue weighted by atomic mass is 9.82. The molecule has 2 atom stereocenters. The number of halogens is 1. The predicted molar refractivity (Wildman–Crippen MR) is 117 cm³/mol. The summed E-state index contributed by atoms with van der Waals surface area (Å²) < 4.78 is 0. The van der Waals surface area contributed by atoms with Gasteiger partial charge in [-0.25, -0.2) is 0 Å². The van der Waals surface area contributed by atoms with Crippen molar-refractivity contribution in [3.05, 3.63) is 29.8 Å². The van der Waals surface area contributed by atoms with E-state index < -0.39 is 0 Å². The van der Waals surface area contributed by atoms with Gasteiger partial charge in [-0.3, -0.25) is 9.79 Å². The van der Waals surface area contributed by atoms with Crippen LogP contribution in [0.5, 0.6) is 0 Å². The van der Waals surface area contributed by atoms with Crippen molar-refractivity contribution >= 4 is 41.5 Å². The van der Waals surface area contributed by atoms with Gasteiger partial charge in [-0.05, 0) is 42.9 Å². The first-order valence-electron chi connectivity index (χ1n) is 9.01. The molecule has 0 aromatic heterocycles. The summed E-state index contributed by atoms with van der Waals surface area (Å²) in [5.41, 5.74) is 1.46. The number of fused-ring (bicyclic) bond motifs is 1. The Hall–Kier alpha value is -1.75. The quantitative estimate of drug-likeness (QED) is 0.312.